The van der Waals surface area contributed by atoms with Gasteiger partial charge in [0.05, 0.1) is 36.5 Å². The number of benzene rings is 6. The van der Waals surface area contributed by atoms with Gasteiger partial charge >= 0.3 is 23.9 Å². The van der Waals surface area contributed by atoms with Crippen LogP contribution in [0.1, 0.15) is 47.9 Å². The van der Waals surface area contributed by atoms with E-state index in [9.17, 15) is 19.2 Å². The molecule has 6 aromatic rings. The first-order chi connectivity index (χ1) is 30.6. The number of carbonyl (C=O) groups is 4. The second kappa shape index (κ2) is 22.1. The van der Waals surface area contributed by atoms with Gasteiger partial charge in [-0.3, -0.25) is 0 Å². The zero-order chi connectivity index (χ0) is 44.9. The Bertz CT molecular complexity index is 2570. The third kappa shape index (κ3) is 10.8. The molecule has 0 atom stereocenters. The second-order valence-electron chi connectivity index (χ2n) is 14.6. The van der Waals surface area contributed by atoms with E-state index in [0.717, 1.165) is 89.6 Å². The number of ether oxygens (including phenoxy) is 5. The molecule has 0 aromatic heterocycles. The van der Waals surface area contributed by atoms with Crippen LogP contribution in [0.3, 0.4) is 0 Å². The minimum absolute atomic E-state index is 0.164. The van der Waals surface area contributed by atoms with E-state index in [4.69, 9.17) is 46.9 Å². The van der Waals surface area contributed by atoms with Gasteiger partial charge in [-0.2, -0.15) is 0 Å². The van der Waals surface area contributed by atoms with Crippen molar-refractivity contribution in [3.8, 4) is 11.5 Å². The number of fused-ring (bicyclic) bond motifs is 4. The zero-order valence-corrected chi connectivity index (χ0v) is 36.5. The molecule has 0 bridgehead atoms. The Morgan fingerprint density at radius 1 is 0.413 bits per heavy atom. The zero-order valence-electron chi connectivity index (χ0n) is 35.0. The Hall–Kier alpha value is -6.42. The molecular formula is C52H48Cl2O9. The lowest BCUT2D eigenvalue weighted by Crippen LogP contribution is -2.06. The normalized spacial score (nSPS) is 11.0. The van der Waals surface area contributed by atoms with Gasteiger partial charge in [0.15, 0.2) is 11.5 Å². The molecule has 0 heterocycles. The Labute approximate surface area is 376 Å². The molecule has 0 fully saturated rings. The summed E-state index contributed by atoms with van der Waals surface area (Å²) in [5.74, 6) is -1.21. The molecule has 0 aliphatic carbocycles. The van der Waals surface area contributed by atoms with E-state index in [-0.39, 0.29) is 26.4 Å². The third-order valence-electron chi connectivity index (χ3n) is 10.8. The highest BCUT2D eigenvalue weighted by Crippen LogP contribution is 2.49. The van der Waals surface area contributed by atoms with E-state index in [2.05, 4.69) is 50.6 Å². The molecule has 0 spiro atoms. The molecule has 0 unspecified atom stereocenters. The Morgan fingerprint density at radius 3 is 1.00 bits per heavy atom. The van der Waals surface area contributed by atoms with Crippen LogP contribution in [-0.2, 0) is 63.8 Å². The molecule has 9 nitrogen and oxygen atoms in total. The average molecular weight is 888 g/mol. The van der Waals surface area contributed by atoms with Crippen LogP contribution < -0.4 is 4.74 Å². The van der Waals surface area contributed by atoms with Gasteiger partial charge in [0, 0.05) is 35.1 Å². The van der Waals surface area contributed by atoms with Crippen molar-refractivity contribution in [2.45, 2.75) is 51.4 Å². The van der Waals surface area contributed by atoms with Crippen molar-refractivity contribution in [3.63, 3.8) is 0 Å². The van der Waals surface area contributed by atoms with Gasteiger partial charge in [-0.15, -0.1) is 0 Å². The number of aryl methyl sites for hydroxylation is 4. The Kier molecular flexibility index (Phi) is 16.2. The summed E-state index contributed by atoms with van der Waals surface area (Å²) < 4.78 is 28.7. The summed E-state index contributed by atoms with van der Waals surface area (Å²) in [6, 6.07) is 23.7. The molecule has 324 valence electrons. The van der Waals surface area contributed by atoms with E-state index in [1.54, 1.807) is 0 Å². The highest BCUT2D eigenvalue weighted by Gasteiger charge is 2.24. The first-order valence-electron chi connectivity index (χ1n) is 20.8. The number of hydrogen-bond donors (Lipinski definition) is 0. The lowest BCUT2D eigenvalue weighted by Gasteiger charge is -2.23. The molecule has 6 aromatic carbocycles. The summed E-state index contributed by atoms with van der Waals surface area (Å²) in [7, 11) is 0. The Balaban J connectivity index is 1.58. The van der Waals surface area contributed by atoms with Crippen molar-refractivity contribution >= 4 is 90.2 Å². The Morgan fingerprint density at radius 2 is 0.698 bits per heavy atom. The van der Waals surface area contributed by atoms with E-state index in [0.29, 0.717) is 72.9 Å². The first kappa shape index (κ1) is 46.1. The van der Waals surface area contributed by atoms with Crippen LogP contribution in [0.15, 0.2) is 123 Å². The molecule has 6 rings (SSSR count). The summed E-state index contributed by atoms with van der Waals surface area (Å²) in [6.07, 6.45) is 8.76. The van der Waals surface area contributed by atoms with Gasteiger partial charge in [0.1, 0.15) is 0 Å². The highest BCUT2D eigenvalue weighted by atomic mass is 35.5. The van der Waals surface area contributed by atoms with Gasteiger partial charge in [-0.1, -0.05) is 110 Å². The largest absolute Gasteiger partial charge is 0.463 e. The van der Waals surface area contributed by atoms with Crippen molar-refractivity contribution in [2.75, 3.05) is 26.4 Å². The van der Waals surface area contributed by atoms with E-state index < -0.39 is 23.9 Å². The lowest BCUT2D eigenvalue weighted by molar-refractivity contribution is -0.138. The quantitative estimate of drug-likeness (QED) is 0.0216. The van der Waals surface area contributed by atoms with Crippen molar-refractivity contribution in [2.24, 2.45) is 0 Å². The van der Waals surface area contributed by atoms with Crippen LogP contribution in [0, 0.1) is 0 Å². The van der Waals surface area contributed by atoms with Gasteiger partial charge in [-0.25, -0.2) is 19.2 Å². The fraction of sp³-hybridized carbons (Fsp3) is 0.231. The smallest absolute Gasteiger partial charge is 0.330 e. The molecule has 0 N–H and O–H groups in total. The van der Waals surface area contributed by atoms with Crippen molar-refractivity contribution in [1.29, 1.82) is 0 Å². The predicted molar refractivity (Wildman–Crippen MR) is 251 cm³/mol. The molecule has 63 heavy (non-hydrogen) atoms. The fourth-order valence-electron chi connectivity index (χ4n) is 8.08. The maximum absolute atomic E-state index is 12.0. The SMILES string of the molecule is C=CC(=O)OCCCc1c2ccccc2c(CCCOC(=O)C=C)c2c(Oc3c(Cl)ccc4c(CCCOC(=O)C=C)c5ccccc5c(CCCOC(=O)C=C)c34)c(Cl)ccc12. The number of hydrogen-bond acceptors (Lipinski definition) is 9. The van der Waals surface area contributed by atoms with E-state index >= 15 is 0 Å². The molecular weight excluding hydrogens is 839 g/mol. The monoisotopic (exact) mass is 886 g/mol. The average Bonchev–Trinajstić information content (AvgIpc) is 3.30. The molecule has 11 heteroatoms. The minimum atomic E-state index is -0.505. The summed E-state index contributed by atoms with van der Waals surface area (Å²) in [5.41, 5.74) is 3.91. The van der Waals surface area contributed by atoms with Gasteiger partial charge in [0.25, 0.3) is 0 Å². The van der Waals surface area contributed by atoms with Crippen molar-refractivity contribution in [3.05, 3.63) is 156 Å². The van der Waals surface area contributed by atoms with Crippen LogP contribution in [0.5, 0.6) is 11.5 Å². The van der Waals surface area contributed by atoms with Crippen LogP contribution in [0.4, 0.5) is 0 Å². The standard InChI is InChI=1S/C52H48Cl2O9/c1-5-45(55)59-29-13-21-37-33-17-9-11-19-35(33)39(23-15-31-61-47(57)7-3)49-41(37)25-27-43(53)51(49)63-52-44(54)28-26-42-38(22-14-30-60-46(56)6-2)34-18-10-12-20-36(34)40(50(42)52)24-16-32-62-48(58)8-4/h5-12,17-20,25-28H,1-4,13-16,21-24,29-32H2. The third-order valence-corrected chi connectivity index (χ3v) is 11.4. The summed E-state index contributed by atoms with van der Waals surface area (Å²) >= 11 is 14.5. The topological polar surface area (TPSA) is 114 Å². The maximum atomic E-state index is 12.0. The number of esters is 4. The number of halogens is 2. The number of carbonyl (C=O) groups excluding carboxylic acids is 4. The molecule has 0 aliphatic rings. The summed E-state index contributed by atoms with van der Waals surface area (Å²) in [4.78, 5) is 47.9. The van der Waals surface area contributed by atoms with Crippen molar-refractivity contribution in [1.82, 2.24) is 0 Å². The highest BCUT2D eigenvalue weighted by molar-refractivity contribution is 6.35. The molecule has 0 saturated heterocycles. The summed E-state index contributed by atoms with van der Waals surface area (Å²) in [5, 5.41) is 7.98. The predicted octanol–water partition coefficient (Wildman–Crippen LogP) is 12.0. The van der Waals surface area contributed by atoms with Gasteiger partial charge in [0.2, 0.25) is 0 Å². The minimum Gasteiger partial charge on any atom is -0.463 e. The molecule has 0 amide bonds. The number of rotatable bonds is 22. The molecule has 0 saturated carbocycles. The van der Waals surface area contributed by atoms with E-state index in [1.165, 1.54) is 0 Å². The van der Waals surface area contributed by atoms with E-state index in [1.807, 2.05) is 48.5 Å². The molecule has 0 radical (unpaired) electrons. The van der Waals surface area contributed by atoms with Gasteiger partial charge in [-0.05, 0) is 118 Å². The summed E-state index contributed by atoms with van der Waals surface area (Å²) in [6.45, 7) is 14.8. The van der Waals surface area contributed by atoms with Crippen molar-refractivity contribution < 1.29 is 42.9 Å². The fourth-order valence-corrected chi connectivity index (χ4v) is 8.47. The molecule has 0 aliphatic heterocycles. The first-order valence-corrected chi connectivity index (χ1v) is 21.5. The lowest BCUT2D eigenvalue weighted by atomic mass is 9.87. The maximum Gasteiger partial charge on any atom is 0.330 e. The van der Waals surface area contributed by atoms with Gasteiger partial charge < -0.3 is 23.7 Å². The second-order valence-corrected chi connectivity index (χ2v) is 15.4. The van der Waals surface area contributed by atoms with Crippen LogP contribution >= 0.6 is 23.2 Å². The van der Waals surface area contributed by atoms with Crippen LogP contribution in [0.25, 0.3) is 43.1 Å². The van der Waals surface area contributed by atoms with Crippen LogP contribution in [0.2, 0.25) is 10.0 Å². The van der Waals surface area contributed by atoms with Crippen LogP contribution in [-0.4, -0.2) is 50.3 Å².